The number of amides is 1. The van der Waals surface area contributed by atoms with Crippen LogP contribution in [-0.4, -0.2) is 47.6 Å². The van der Waals surface area contributed by atoms with E-state index in [0.29, 0.717) is 38.4 Å². The third kappa shape index (κ3) is 4.20. The van der Waals surface area contributed by atoms with E-state index in [1.54, 1.807) is 0 Å². The van der Waals surface area contributed by atoms with Gasteiger partial charge in [0.05, 0.1) is 5.92 Å². The number of hydrogen-bond donors (Lipinski definition) is 2. The van der Waals surface area contributed by atoms with Crippen molar-refractivity contribution in [3.05, 3.63) is 0 Å². The summed E-state index contributed by atoms with van der Waals surface area (Å²) in [5, 5.41) is 12.4. The Morgan fingerprint density at radius 2 is 1.89 bits per heavy atom. The first-order valence-electron chi connectivity index (χ1n) is 7.41. The highest BCUT2D eigenvalue weighted by Crippen LogP contribution is 2.19. The van der Waals surface area contributed by atoms with Crippen molar-refractivity contribution in [1.29, 1.82) is 0 Å². The van der Waals surface area contributed by atoms with Crippen LogP contribution in [0, 0.1) is 5.92 Å². The molecule has 19 heavy (non-hydrogen) atoms. The van der Waals surface area contributed by atoms with Crippen molar-refractivity contribution in [3.8, 4) is 0 Å². The summed E-state index contributed by atoms with van der Waals surface area (Å²) in [6.45, 7) is 2.28. The number of hydrogen-bond acceptors (Lipinski definition) is 3. The van der Waals surface area contributed by atoms with Gasteiger partial charge in [0.25, 0.3) is 0 Å². The largest absolute Gasteiger partial charge is 0.481 e. The minimum atomic E-state index is -0.724. The molecule has 5 heteroatoms. The summed E-state index contributed by atoms with van der Waals surface area (Å²) < 4.78 is 0. The summed E-state index contributed by atoms with van der Waals surface area (Å²) in [6, 6.07) is 0.495. The number of likely N-dealkylation sites (tertiary alicyclic amines) is 1. The molecule has 5 nitrogen and oxygen atoms in total. The lowest BCUT2D eigenvalue weighted by atomic mass is 9.96. The van der Waals surface area contributed by atoms with E-state index in [0.717, 1.165) is 13.0 Å². The molecular formula is C14H24N2O3. The zero-order valence-electron chi connectivity index (χ0n) is 11.4. The lowest BCUT2D eigenvalue weighted by molar-refractivity contribution is -0.145. The molecule has 0 aromatic carbocycles. The molecule has 0 radical (unpaired) electrons. The van der Waals surface area contributed by atoms with E-state index in [1.807, 2.05) is 4.90 Å². The molecule has 0 bridgehead atoms. The number of piperidine rings is 2. The SMILES string of the molecule is O=C(O)C1CCN(C(=O)CCC2CCCCN2)CC1. The van der Waals surface area contributed by atoms with Gasteiger partial charge in [0.2, 0.25) is 5.91 Å². The quantitative estimate of drug-likeness (QED) is 0.804. The van der Waals surface area contributed by atoms with Crippen molar-refractivity contribution in [3.63, 3.8) is 0 Å². The Morgan fingerprint density at radius 1 is 1.16 bits per heavy atom. The van der Waals surface area contributed by atoms with Gasteiger partial charge in [-0.1, -0.05) is 6.42 Å². The molecule has 0 aliphatic carbocycles. The minimum absolute atomic E-state index is 0.191. The van der Waals surface area contributed by atoms with Crippen molar-refractivity contribution < 1.29 is 14.7 Å². The van der Waals surface area contributed by atoms with Gasteiger partial charge < -0.3 is 15.3 Å². The molecule has 0 aromatic heterocycles. The van der Waals surface area contributed by atoms with Crippen molar-refractivity contribution in [1.82, 2.24) is 10.2 Å². The van der Waals surface area contributed by atoms with Gasteiger partial charge in [0.15, 0.2) is 0 Å². The van der Waals surface area contributed by atoms with Crippen molar-refractivity contribution in [2.24, 2.45) is 5.92 Å². The van der Waals surface area contributed by atoms with Gasteiger partial charge in [-0.15, -0.1) is 0 Å². The molecule has 1 amide bonds. The second-order valence-corrected chi connectivity index (χ2v) is 5.68. The van der Waals surface area contributed by atoms with E-state index in [2.05, 4.69) is 5.32 Å². The second-order valence-electron chi connectivity index (χ2n) is 5.68. The monoisotopic (exact) mass is 268 g/mol. The van der Waals surface area contributed by atoms with Crippen LogP contribution in [0.4, 0.5) is 0 Å². The lowest BCUT2D eigenvalue weighted by Crippen LogP contribution is -2.41. The van der Waals surface area contributed by atoms with Crippen molar-refractivity contribution in [2.45, 2.75) is 51.0 Å². The Balaban J connectivity index is 1.67. The fourth-order valence-electron chi connectivity index (χ4n) is 3.00. The highest BCUT2D eigenvalue weighted by atomic mass is 16.4. The van der Waals surface area contributed by atoms with Crippen molar-refractivity contribution >= 4 is 11.9 Å². The topological polar surface area (TPSA) is 69.6 Å². The number of nitrogens with one attached hydrogen (secondary N) is 1. The number of nitrogens with zero attached hydrogens (tertiary/aromatic N) is 1. The molecule has 0 spiro atoms. The van der Waals surface area contributed by atoms with Gasteiger partial charge in [-0.25, -0.2) is 0 Å². The molecule has 108 valence electrons. The molecule has 2 fully saturated rings. The zero-order chi connectivity index (χ0) is 13.7. The van der Waals surface area contributed by atoms with Gasteiger partial charge in [-0.2, -0.15) is 0 Å². The summed E-state index contributed by atoms with van der Waals surface area (Å²) >= 11 is 0. The number of rotatable bonds is 4. The van der Waals surface area contributed by atoms with E-state index in [9.17, 15) is 9.59 Å². The molecule has 0 saturated carbocycles. The summed E-state index contributed by atoms with van der Waals surface area (Å²) in [5.41, 5.74) is 0. The van der Waals surface area contributed by atoms with E-state index in [1.165, 1.54) is 19.3 Å². The van der Waals surface area contributed by atoms with Gasteiger partial charge in [-0.3, -0.25) is 9.59 Å². The second kappa shape index (κ2) is 6.89. The number of carbonyl (C=O) groups excluding carboxylic acids is 1. The van der Waals surface area contributed by atoms with E-state index in [-0.39, 0.29) is 11.8 Å². The Labute approximate surface area is 114 Å². The Kier molecular flexibility index (Phi) is 5.19. The minimum Gasteiger partial charge on any atom is -0.481 e. The van der Waals surface area contributed by atoms with Crippen molar-refractivity contribution in [2.75, 3.05) is 19.6 Å². The van der Waals surface area contributed by atoms with Gasteiger partial charge in [0, 0.05) is 25.6 Å². The van der Waals surface area contributed by atoms with E-state index < -0.39 is 5.97 Å². The van der Waals surface area contributed by atoms with Crippen LogP contribution in [0.2, 0.25) is 0 Å². The van der Waals surface area contributed by atoms with Crippen LogP contribution in [0.5, 0.6) is 0 Å². The maximum absolute atomic E-state index is 12.1. The smallest absolute Gasteiger partial charge is 0.306 e. The van der Waals surface area contributed by atoms with Gasteiger partial charge in [-0.05, 0) is 38.6 Å². The first-order valence-corrected chi connectivity index (χ1v) is 7.41. The van der Waals surface area contributed by atoms with Crippen LogP contribution in [0.25, 0.3) is 0 Å². The van der Waals surface area contributed by atoms with Crippen LogP contribution in [0.15, 0.2) is 0 Å². The predicted molar refractivity (Wildman–Crippen MR) is 71.8 cm³/mol. The first-order chi connectivity index (χ1) is 9.16. The number of carboxylic acid groups (broad SMARTS) is 1. The number of aliphatic carboxylic acids is 1. The molecule has 2 aliphatic heterocycles. The van der Waals surface area contributed by atoms with Gasteiger partial charge in [0.1, 0.15) is 0 Å². The number of carbonyl (C=O) groups is 2. The zero-order valence-corrected chi connectivity index (χ0v) is 11.4. The average Bonchev–Trinajstić information content (AvgIpc) is 2.46. The Morgan fingerprint density at radius 3 is 2.47 bits per heavy atom. The fourth-order valence-corrected chi connectivity index (χ4v) is 3.00. The first kappa shape index (κ1) is 14.3. The van der Waals surface area contributed by atoms with Crippen LogP contribution in [0.3, 0.4) is 0 Å². The fraction of sp³-hybridized carbons (Fsp3) is 0.857. The molecule has 2 heterocycles. The summed E-state index contributed by atoms with van der Waals surface area (Å²) in [7, 11) is 0. The van der Waals surface area contributed by atoms with E-state index >= 15 is 0 Å². The maximum Gasteiger partial charge on any atom is 0.306 e. The van der Waals surface area contributed by atoms with Gasteiger partial charge >= 0.3 is 5.97 Å². The molecule has 2 saturated heterocycles. The molecule has 2 rings (SSSR count). The van der Waals surface area contributed by atoms with Crippen LogP contribution in [0.1, 0.15) is 44.9 Å². The third-order valence-electron chi connectivity index (χ3n) is 4.32. The highest BCUT2D eigenvalue weighted by Gasteiger charge is 2.27. The Bertz CT molecular complexity index is 319. The molecule has 1 atom stereocenters. The van der Waals surface area contributed by atoms with Crippen LogP contribution < -0.4 is 5.32 Å². The van der Waals surface area contributed by atoms with Crippen LogP contribution >= 0.6 is 0 Å². The molecule has 2 N–H and O–H groups in total. The summed E-state index contributed by atoms with van der Waals surface area (Å²) in [6.07, 6.45) is 6.38. The van der Waals surface area contributed by atoms with Crippen LogP contribution in [-0.2, 0) is 9.59 Å². The van der Waals surface area contributed by atoms with E-state index in [4.69, 9.17) is 5.11 Å². The highest BCUT2D eigenvalue weighted by molar-refractivity contribution is 5.77. The molecule has 2 aliphatic rings. The maximum atomic E-state index is 12.1. The summed E-state index contributed by atoms with van der Waals surface area (Å²) in [5.74, 6) is -0.793. The average molecular weight is 268 g/mol. The number of carboxylic acids is 1. The molecule has 1 unspecified atom stereocenters. The predicted octanol–water partition coefficient (Wildman–Crippen LogP) is 1.23. The Hall–Kier alpha value is -1.10. The molecule has 0 aromatic rings. The lowest BCUT2D eigenvalue weighted by Gasteiger charge is -2.31. The third-order valence-corrected chi connectivity index (χ3v) is 4.32. The normalized spacial score (nSPS) is 25.3. The standard InChI is InChI=1S/C14H24N2O3/c17-13(5-4-12-3-1-2-8-15-12)16-9-6-11(7-10-16)14(18)19/h11-12,15H,1-10H2,(H,18,19). The summed E-state index contributed by atoms with van der Waals surface area (Å²) in [4.78, 5) is 24.8. The molecular weight excluding hydrogens is 244 g/mol.